The van der Waals surface area contributed by atoms with E-state index in [1.807, 2.05) is 0 Å². The van der Waals surface area contributed by atoms with Crippen molar-refractivity contribution in [3.8, 4) is 0 Å². The molecule has 1 rings (SSSR count). The Bertz CT molecular complexity index is 483. The molecular weight excluding hydrogens is 287 g/mol. The van der Waals surface area contributed by atoms with Gasteiger partial charge in [-0.1, -0.05) is 0 Å². The average molecular weight is 303 g/mol. The highest BCUT2D eigenvalue weighted by molar-refractivity contribution is 7.92. The van der Waals surface area contributed by atoms with Crippen molar-refractivity contribution in [3.63, 3.8) is 0 Å². The quantitative estimate of drug-likeness (QED) is 0.711. The van der Waals surface area contributed by atoms with Crippen molar-refractivity contribution < 1.29 is 23.4 Å². The molecule has 18 heavy (non-hydrogen) atoms. The molecule has 0 fully saturated rings. The van der Waals surface area contributed by atoms with Crippen LogP contribution in [-0.4, -0.2) is 31.8 Å². The van der Waals surface area contributed by atoms with E-state index in [9.17, 15) is 17.9 Å². The van der Waals surface area contributed by atoms with Gasteiger partial charge in [0.25, 0.3) is 0 Å². The maximum absolute atomic E-state index is 13.2. The van der Waals surface area contributed by atoms with Crippen molar-refractivity contribution in [2.75, 3.05) is 17.5 Å². The first-order chi connectivity index (χ1) is 7.33. The summed E-state index contributed by atoms with van der Waals surface area (Å²) in [4.78, 5) is 0. The van der Waals surface area contributed by atoms with E-state index >= 15 is 0 Å². The number of hydrogen-bond donors (Lipinski definition) is 3. The Kier molecular flexibility index (Phi) is 8.08. The van der Waals surface area contributed by atoms with E-state index < -0.39 is 21.9 Å². The van der Waals surface area contributed by atoms with Gasteiger partial charge in [0.2, 0.25) is 10.0 Å². The van der Waals surface area contributed by atoms with Gasteiger partial charge in [0.15, 0.2) is 0 Å². The van der Waals surface area contributed by atoms with Crippen LogP contribution in [0.4, 0.5) is 10.1 Å². The fourth-order valence-electron chi connectivity index (χ4n) is 1.20. The van der Waals surface area contributed by atoms with Crippen LogP contribution in [0.25, 0.3) is 0 Å². The molecule has 0 saturated carbocycles. The number of aliphatic hydroxyl groups excluding tert-OH is 1. The Balaban J connectivity index is 0. The predicted molar refractivity (Wildman–Crippen MR) is 69.7 cm³/mol. The molecule has 0 bridgehead atoms. The van der Waals surface area contributed by atoms with Crippen LogP contribution in [0.2, 0.25) is 0 Å². The molecule has 0 saturated heterocycles. The monoisotopic (exact) mass is 302 g/mol. The Morgan fingerprint density at radius 1 is 1.50 bits per heavy atom. The fourth-order valence-corrected chi connectivity index (χ4v) is 1.76. The van der Waals surface area contributed by atoms with Crippen molar-refractivity contribution in [1.82, 2.24) is 0 Å². The van der Waals surface area contributed by atoms with Gasteiger partial charge in [-0.3, -0.25) is 4.72 Å². The number of nitrogens with two attached hydrogens (primary N) is 1. The minimum absolute atomic E-state index is 0. The first-order valence-corrected chi connectivity index (χ1v) is 6.38. The third-order valence-electron chi connectivity index (χ3n) is 1.88. The summed E-state index contributed by atoms with van der Waals surface area (Å²) in [5.74, 6) is -0.628. The standard InChI is InChI=1S/C9H13FN2O3S.ClH.H2O/c1-16(14,15)12-6-2-3-8(10)7(4-6)9(13)5-11;;/h2-4,9,12-13H,5,11H2,1H3;1H;1H2/t9-;;/m0../s1. The molecule has 0 amide bonds. The lowest BCUT2D eigenvalue weighted by Gasteiger charge is -2.11. The summed E-state index contributed by atoms with van der Waals surface area (Å²) in [6.45, 7) is -0.140. The van der Waals surface area contributed by atoms with E-state index in [2.05, 4.69) is 4.72 Å². The Hall–Kier alpha value is -0.930. The topological polar surface area (TPSA) is 124 Å². The van der Waals surface area contributed by atoms with Crippen molar-refractivity contribution in [2.24, 2.45) is 5.73 Å². The van der Waals surface area contributed by atoms with Gasteiger partial charge in [-0.25, -0.2) is 12.8 Å². The summed E-state index contributed by atoms with van der Waals surface area (Å²) >= 11 is 0. The summed E-state index contributed by atoms with van der Waals surface area (Å²) in [6.07, 6.45) is -0.170. The first-order valence-electron chi connectivity index (χ1n) is 4.49. The molecule has 6 N–H and O–H groups in total. The molecule has 0 radical (unpaired) electrons. The third kappa shape index (κ3) is 5.61. The maximum atomic E-state index is 13.2. The Labute approximate surface area is 111 Å². The van der Waals surface area contributed by atoms with Crippen molar-refractivity contribution >= 4 is 28.1 Å². The summed E-state index contributed by atoms with van der Waals surface area (Å²) < 4.78 is 37.3. The number of rotatable bonds is 4. The molecule has 6 nitrogen and oxygen atoms in total. The third-order valence-corrected chi connectivity index (χ3v) is 2.49. The zero-order valence-electron chi connectivity index (χ0n) is 9.55. The number of benzene rings is 1. The number of anilines is 1. The highest BCUT2D eigenvalue weighted by atomic mass is 35.5. The van der Waals surface area contributed by atoms with Gasteiger partial charge in [0.1, 0.15) is 5.82 Å². The van der Waals surface area contributed by atoms with Crippen molar-refractivity contribution in [1.29, 1.82) is 0 Å². The van der Waals surface area contributed by atoms with Gasteiger partial charge in [-0.15, -0.1) is 12.4 Å². The molecule has 1 aromatic rings. The molecule has 1 aromatic carbocycles. The van der Waals surface area contributed by atoms with Crippen molar-refractivity contribution in [2.45, 2.75) is 6.10 Å². The lowest BCUT2D eigenvalue weighted by Crippen LogP contribution is -2.14. The van der Waals surface area contributed by atoms with Crippen LogP contribution in [0.15, 0.2) is 18.2 Å². The summed E-state index contributed by atoms with van der Waals surface area (Å²) in [5, 5.41) is 9.39. The van der Waals surface area contributed by atoms with Gasteiger partial charge in [-0.05, 0) is 18.2 Å². The Morgan fingerprint density at radius 2 is 2.06 bits per heavy atom. The molecule has 0 unspecified atom stereocenters. The summed E-state index contributed by atoms with van der Waals surface area (Å²) in [5.41, 5.74) is 5.35. The zero-order chi connectivity index (χ0) is 12.3. The van der Waals surface area contributed by atoms with Crippen LogP contribution in [0.3, 0.4) is 0 Å². The molecule has 0 aliphatic carbocycles. The van der Waals surface area contributed by atoms with Gasteiger partial charge < -0.3 is 16.3 Å². The minimum Gasteiger partial charge on any atom is -0.412 e. The predicted octanol–water partition coefficient (Wildman–Crippen LogP) is -0.214. The molecule has 0 aliphatic heterocycles. The Morgan fingerprint density at radius 3 is 2.50 bits per heavy atom. The van der Waals surface area contributed by atoms with E-state index in [0.717, 1.165) is 12.3 Å². The first kappa shape index (κ1) is 19.4. The maximum Gasteiger partial charge on any atom is 0.229 e. The molecular formula is C9H16ClFN2O4S. The highest BCUT2D eigenvalue weighted by Crippen LogP contribution is 2.21. The molecule has 9 heteroatoms. The largest absolute Gasteiger partial charge is 0.412 e. The van der Waals surface area contributed by atoms with E-state index in [-0.39, 0.29) is 35.7 Å². The number of nitrogens with one attached hydrogen (secondary N) is 1. The van der Waals surface area contributed by atoms with E-state index in [0.29, 0.717) is 0 Å². The van der Waals surface area contributed by atoms with Crippen LogP contribution >= 0.6 is 12.4 Å². The lowest BCUT2D eigenvalue weighted by molar-refractivity contribution is 0.182. The van der Waals surface area contributed by atoms with E-state index in [4.69, 9.17) is 5.73 Å². The van der Waals surface area contributed by atoms with Crippen LogP contribution < -0.4 is 10.5 Å². The van der Waals surface area contributed by atoms with Gasteiger partial charge >= 0.3 is 0 Å². The summed E-state index contributed by atoms with van der Waals surface area (Å²) in [7, 11) is -3.42. The van der Waals surface area contributed by atoms with E-state index in [1.54, 1.807) is 0 Å². The van der Waals surface area contributed by atoms with Crippen LogP contribution in [0.5, 0.6) is 0 Å². The lowest BCUT2D eigenvalue weighted by atomic mass is 10.1. The molecule has 106 valence electrons. The average Bonchev–Trinajstić information content (AvgIpc) is 2.18. The van der Waals surface area contributed by atoms with Crippen LogP contribution in [0.1, 0.15) is 11.7 Å². The second-order valence-corrected chi connectivity index (χ2v) is 5.11. The number of aliphatic hydroxyl groups is 1. The minimum atomic E-state index is -3.42. The van der Waals surface area contributed by atoms with Crippen LogP contribution in [0, 0.1) is 5.82 Å². The summed E-state index contributed by atoms with van der Waals surface area (Å²) in [6, 6.07) is 3.55. The normalized spacial score (nSPS) is 12.0. The van der Waals surface area contributed by atoms with Gasteiger partial charge in [0.05, 0.1) is 12.4 Å². The number of sulfonamides is 1. The zero-order valence-corrected chi connectivity index (χ0v) is 11.2. The van der Waals surface area contributed by atoms with E-state index in [1.165, 1.54) is 12.1 Å². The number of hydrogen-bond acceptors (Lipinski definition) is 4. The smallest absolute Gasteiger partial charge is 0.229 e. The molecule has 0 spiro atoms. The van der Waals surface area contributed by atoms with Gasteiger partial charge in [0, 0.05) is 17.8 Å². The molecule has 0 aromatic heterocycles. The molecule has 1 atom stereocenters. The van der Waals surface area contributed by atoms with Crippen molar-refractivity contribution in [3.05, 3.63) is 29.6 Å². The SMILES string of the molecule is CS(=O)(=O)Nc1ccc(F)c([C@@H](O)CN)c1.Cl.O. The second kappa shape index (κ2) is 7.49. The number of halogens is 2. The molecule has 0 heterocycles. The second-order valence-electron chi connectivity index (χ2n) is 3.36. The van der Waals surface area contributed by atoms with Gasteiger partial charge in [-0.2, -0.15) is 0 Å². The fraction of sp³-hybridized carbons (Fsp3) is 0.333. The highest BCUT2D eigenvalue weighted by Gasteiger charge is 2.13. The van der Waals surface area contributed by atoms with Crippen LogP contribution in [-0.2, 0) is 10.0 Å². The molecule has 0 aliphatic rings.